The van der Waals surface area contributed by atoms with Crippen molar-refractivity contribution >= 4 is 54.0 Å². The highest BCUT2D eigenvalue weighted by atomic mass is 79.9. The highest BCUT2D eigenvalue weighted by Gasteiger charge is 2.38. The molecule has 0 spiro atoms. The summed E-state index contributed by atoms with van der Waals surface area (Å²) in [5.74, 6) is -0.388. The van der Waals surface area contributed by atoms with E-state index in [9.17, 15) is 13.2 Å². The lowest BCUT2D eigenvalue weighted by Gasteiger charge is -2.22. The van der Waals surface area contributed by atoms with Crippen LogP contribution in [0, 0.1) is 0 Å². The van der Waals surface area contributed by atoms with Crippen LogP contribution in [0.4, 0.5) is 10.8 Å². The highest BCUT2D eigenvalue weighted by Crippen LogP contribution is 2.37. The van der Waals surface area contributed by atoms with Crippen molar-refractivity contribution in [3.63, 3.8) is 0 Å². The minimum absolute atomic E-state index is 0.128. The van der Waals surface area contributed by atoms with Crippen molar-refractivity contribution in [1.29, 1.82) is 0 Å². The lowest BCUT2D eigenvalue weighted by Crippen LogP contribution is -2.35. The van der Waals surface area contributed by atoms with E-state index in [4.69, 9.17) is 0 Å². The van der Waals surface area contributed by atoms with Gasteiger partial charge in [-0.25, -0.2) is 0 Å². The normalized spacial score (nSPS) is 16.1. The van der Waals surface area contributed by atoms with Gasteiger partial charge in [0.25, 0.3) is 20.3 Å². The van der Waals surface area contributed by atoms with Crippen LogP contribution in [0.2, 0.25) is 0 Å². The Hall–Kier alpha value is -2.30. The minimum atomic E-state index is -3.87. The number of hydrogen-bond donors (Lipinski definition) is 1. The predicted octanol–water partition coefficient (Wildman–Crippen LogP) is 3.69. The van der Waals surface area contributed by atoms with Crippen LogP contribution in [0.5, 0.6) is 0 Å². The SMILES string of the molecule is C[C@@H]1Cc2ccccc2N1S(=O)(=O)c1nnc(NC(=O)c2cccc(Br)c2)s1. The van der Waals surface area contributed by atoms with Gasteiger partial charge in [0.2, 0.25) is 5.13 Å². The molecule has 0 fully saturated rings. The Morgan fingerprint density at radius 1 is 1.21 bits per heavy atom. The summed E-state index contributed by atoms with van der Waals surface area (Å²) in [7, 11) is -3.87. The van der Waals surface area contributed by atoms with Gasteiger partial charge in [-0.1, -0.05) is 51.5 Å². The first-order valence-corrected chi connectivity index (χ1v) is 11.4. The van der Waals surface area contributed by atoms with Crippen molar-refractivity contribution in [2.45, 2.75) is 23.7 Å². The lowest BCUT2D eigenvalue weighted by atomic mass is 10.1. The molecule has 4 rings (SSSR count). The fourth-order valence-electron chi connectivity index (χ4n) is 3.15. The van der Waals surface area contributed by atoms with Crippen LogP contribution < -0.4 is 9.62 Å². The van der Waals surface area contributed by atoms with Crippen molar-refractivity contribution in [3.8, 4) is 0 Å². The maximum Gasteiger partial charge on any atom is 0.293 e. The maximum absolute atomic E-state index is 13.1. The second-order valence-corrected chi connectivity index (χ2v) is 10.2. The number of fused-ring (bicyclic) bond motifs is 1. The van der Waals surface area contributed by atoms with E-state index in [1.54, 1.807) is 24.3 Å². The molecule has 2 aromatic carbocycles. The largest absolute Gasteiger partial charge is 0.296 e. The molecular formula is C18H15BrN4O3S2. The van der Waals surface area contributed by atoms with E-state index in [0.717, 1.165) is 21.4 Å². The van der Waals surface area contributed by atoms with Gasteiger partial charge in [-0.2, -0.15) is 8.42 Å². The molecule has 0 bridgehead atoms. The number of halogens is 1. The van der Waals surface area contributed by atoms with Crippen LogP contribution in [0.3, 0.4) is 0 Å². The lowest BCUT2D eigenvalue weighted by molar-refractivity contribution is 0.102. The molecule has 0 radical (unpaired) electrons. The average molecular weight is 479 g/mol. The second kappa shape index (κ2) is 7.26. The number of benzene rings is 2. The zero-order valence-electron chi connectivity index (χ0n) is 14.7. The highest BCUT2D eigenvalue weighted by molar-refractivity contribution is 9.10. The third-order valence-corrected chi connectivity index (χ3v) is 7.94. The third kappa shape index (κ3) is 3.43. The summed E-state index contributed by atoms with van der Waals surface area (Å²) in [6.45, 7) is 1.86. The van der Waals surface area contributed by atoms with Gasteiger partial charge in [-0.3, -0.25) is 14.4 Å². The number of aromatic nitrogens is 2. The zero-order chi connectivity index (χ0) is 19.9. The van der Waals surface area contributed by atoms with Crippen molar-refractivity contribution in [3.05, 3.63) is 64.1 Å². The maximum atomic E-state index is 13.1. The molecule has 1 N–H and O–H groups in total. The number of sulfonamides is 1. The van der Waals surface area contributed by atoms with Gasteiger partial charge in [0.1, 0.15) is 0 Å². The summed E-state index contributed by atoms with van der Waals surface area (Å²) in [5, 5.41) is 10.4. The Labute approximate surface area is 174 Å². The second-order valence-electron chi connectivity index (χ2n) is 6.32. The van der Waals surface area contributed by atoms with Gasteiger partial charge in [0.05, 0.1) is 5.69 Å². The standard InChI is InChI=1S/C18H15BrN4O3S2/c1-11-9-12-5-2-3-8-15(12)23(11)28(25,26)18-22-21-17(27-18)20-16(24)13-6-4-7-14(19)10-13/h2-8,10-11H,9H2,1H3,(H,20,21,24)/t11-/m1/s1. The van der Waals surface area contributed by atoms with Crippen molar-refractivity contribution in [1.82, 2.24) is 10.2 Å². The number of para-hydroxylation sites is 1. The number of amides is 1. The van der Waals surface area contributed by atoms with Crippen molar-refractivity contribution in [2.24, 2.45) is 0 Å². The molecule has 3 aromatic rings. The van der Waals surface area contributed by atoms with E-state index < -0.39 is 10.0 Å². The van der Waals surface area contributed by atoms with Crippen LogP contribution in [0.15, 0.2) is 57.3 Å². The fraction of sp³-hybridized carbons (Fsp3) is 0.167. The summed E-state index contributed by atoms with van der Waals surface area (Å²) in [4.78, 5) is 12.3. The zero-order valence-corrected chi connectivity index (χ0v) is 17.9. The van der Waals surface area contributed by atoms with Crippen molar-refractivity contribution in [2.75, 3.05) is 9.62 Å². The first-order valence-electron chi connectivity index (χ1n) is 8.39. The van der Waals surface area contributed by atoms with Gasteiger partial charge < -0.3 is 0 Å². The quantitative estimate of drug-likeness (QED) is 0.577. The topological polar surface area (TPSA) is 92.3 Å². The van der Waals surface area contributed by atoms with E-state index in [0.29, 0.717) is 17.7 Å². The van der Waals surface area contributed by atoms with Crippen LogP contribution in [0.1, 0.15) is 22.8 Å². The summed E-state index contributed by atoms with van der Waals surface area (Å²) in [6, 6.07) is 14.1. The molecule has 1 aliphatic heterocycles. The number of nitrogens with zero attached hydrogens (tertiary/aromatic N) is 3. The average Bonchev–Trinajstić information content (AvgIpc) is 3.25. The molecule has 0 saturated carbocycles. The molecular weight excluding hydrogens is 464 g/mol. The van der Waals surface area contributed by atoms with E-state index >= 15 is 0 Å². The van der Waals surface area contributed by atoms with E-state index in [2.05, 4.69) is 31.4 Å². The molecule has 1 aliphatic rings. The Morgan fingerprint density at radius 3 is 2.79 bits per heavy atom. The first-order chi connectivity index (χ1) is 13.4. The molecule has 0 aliphatic carbocycles. The Morgan fingerprint density at radius 2 is 2.00 bits per heavy atom. The molecule has 0 unspecified atom stereocenters. The van der Waals surface area contributed by atoms with Gasteiger partial charge in [0.15, 0.2) is 0 Å². The fourth-order valence-corrected chi connectivity index (χ4v) is 6.22. The van der Waals surface area contributed by atoms with Crippen LogP contribution in [0.25, 0.3) is 0 Å². The number of carbonyl (C=O) groups is 1. The summed E-state index contributed by atoms with van der Waals surface area (Å²) >= 11 is 4.15. The third-order valence-electron chi connectivity index (χ3n) is 4.34. The monoisotopic (exact) mass is 478 g/mol. The Balaban J connectivity index is 1.59. The molecule has 7 nitrogen and oxygen atoms in total. The molecule has 10 heteroatoms. The number of carbonyl (C=O) groups excluding carboxylic acids is 1. The molecule has 1 atom stereocenters. The Kier molecular flexibility index (Phi) is 4.94. The molecule has 2 heterocycles. The van der Waals surface area contributed by atoms with Crippen LogP contribution in [-0.4, -0.2) is 30.6 Å². The van der Waals surface area contributed by atoms with Gasteiger partial charge in [-0.15, -0.1) is 10.2 Å². The minimum Gasteiger partial charge on any atom is -0.296 e. The molecule has 0 saturated heterocycles. The summed E-state index contributed by atoms with van der Waals surface area (Å²) < 4.78 is 28.3. The van der Waals surface area contributed by atoms with Crippen LogP contribution in [-0.2, 0) is 16.4 Å². The molecule has 1 amide bonds. The van der Waals surface area contributed by atoms with Crippen LogP contribution >= 0.6 is 27.3 Å². The van der Waals surface area contributed by atoms with Gasteiger partial charge in [0, 0.05) is 16.1 Å². The summed E-state index contributed by atoms with van der Waals surface area (Å²) in [5.41, 5.74) is 2.06. The number of anilines is 2. The molecule has 28 heavy (non-hydrogen) atoms. The van der Waals surface area contributed by atoms with Crippen molar-refractivity contribution < 1.29 is 13.2 Å². The van der Waals surface area contributed by atoms with Gasteiger partial charge >= 0.3 is 0 Å². The molecule has 1 aromatic heterocycles. The number of rotatable bonds is 4. The first kappa shape index (κ1) is 19.0. The van der Waals surface area contributed by atoms with Gasteiger partial charge in [-0.05, 0) is 43.2 Å². The summed E-state index contributed by atoms with van der Waals surface area (Å²) in [6.07, 6.45) is 0.640. The Bertz CT molecular complexity index is 1160. The number of hydrogen-bond acceptors (Lipinski definition) is 6. The van der Waals surface area contributed by atoms with E-state index in [-0.39, 0.29) is 21.4 Å². The molecule has 144 valence electrons. The van der Waals surface area contributed by atoms with E-state index in [1.807, 2.05) is 31.2 Å². The number of nitrogens with one attached hydrogen (secondary N) is 1. The predicted molar refractivity (Wildman–Crippen MR) is 111 cm³/mol. The smallest absolute Gasteiger partial charge is 0.293 e. The van der Waals surface area contributed by atoms with E-state index in [1.165, 1.54) is 4.31 Å².